The molecular weight excluding hydrogens is 238 g/mol. The summed E-state index contributed by atoms with van der Waals surface area (Å²) in [6.45, 7) is 4.41. The molecule has 0 amide bonds. The number of aliphatic hydroxyl groups is 1. The molecule has 0 saturated carbocycles. The molecule has 0 radical (unpaired) electrons. The summed E-state index contributed by atoms with van der Waals surface area (Å²) in [4.78, 5) is 10.3. The largest absolute Gasteiger partial charge is 0.393 e. The van der Waals surface area contributed by atoms with Gasteiger partial charge in [-0.1, -0.05) is 13.8 Å². The lowest BCUT2D eigenvalue weighted by molar-refractivity contribution is -0.386. The van der Waals surface area contributed by atoms with Crippen LogP contribution in [0, 0.1) is 10.1 Å². The van der Waals surface area contributed by atoms with Crippen molar-refractivity contribution in [3.05, 3.63) is 22.0 Å². The first kappa shape index (κ1) is 14.6. The van der Waals surface area contributed by atoms with Gasteiger partial charge in [-0.3, -0.25) is 14.8 Å². The molecule has 2 unspecified atom stereocenters. The monoisotopic (exact) mass is 257 g/mol. The Hall–Kier alpha value is -1.47. The lowest BCUT2D eigenvalue weighted by Gasteiger charge is -2.25. The van der Waals surface area contributed by atoms with E-state index in [0.29, 0.717) is 25.1 Å². The predicted octanol–water partition coefficient (Wildman–Crippen LogP) is 1.57. The third kappa shape index (κ3) is 3.05. The molecule has 1 saturated heterocycles. The molecule has 2 heterocycles. The van der Waals surface area contributed by atoms with Crippen molar-refractivity contribution >= 4 is 5.69 Å². The summed E-state index contributed by atoms with van der Waals surface area (Å²) in [5, 5.41) is 24.2. The van der Waals surface area contributed by atoms with Gasteiger partial charge in [0.2, 0.25) is 0 Å². The molecule has 1 N–H and O–H groups in total. The van der Waals surface area contributed by atoms with Crippen molar-refractivity contribution in [3.63, 3.8) is 0 Å². The number of rotatable bonds is 2. The van der Waals surface area contributed by atoms with Crippen molar-refractivity contribution in [1.29, 1.82) is 0 Å². The fourth-order valence-electron chi connectivity index (χ4n) is 1.92. The number of hydrogen-bond donors (Lipinski definition) is 1. The van der Waals surface area contributed by atoms with Gasteiger partial charge < -0.3 is 9.84 Å². The fourth-order valence-corrected chi connectivity index (χ4v) is 1.92. The van der Waals surface area contributed by atoms with Crippen molar-refractivity contribution in [3.8, 4) is 0 Å². The predicted molar refractivity (Wildman–Crippen MR) is 65.1 cm³/mol. The normalized spacial score (nSPS) is 23.1. The SMILES string of the molecule is CC.Cn1ncc([N+](=O)[O-])c1C1CC(O)CCO1. The highest BCUT2D eigenvalue weighted by Gasteiger charge is 2.31. The van der Waals surface area contributed by atoms with Gasteiger partial charge in [0, 0.05) is 20.1 Å². The second kappa shape index (κ2) is 6.46. The van der Waals surface area contributed by atoms with E-state index in [0.717, 1.165) is 0 Å². The van der Waals surface area contributed by atoms with E-state index < -0.39 is 17.1 Å². The fraction of sp³-hybridized carbons (Fsp3) is 0.727. The Bertz CT molecular complexity index is 405. The highest BCUT2D eigenvalue weighted by Crippen LogP contribution is 2.33. The standard InChI is InChI=1S/C9H13N3O4.C2H6/c1-11-9(7(5-10-11)12(14)15)8-4-6(13)2-3-16-8;1-2/h5-6,8,13H,2-4H2,1H3;1-2H3. The van der Waals surface area contributed by atoms with Crippen LogP contribution in [-0.2, 0) is 11.8 Å². The second-order valence-electron chi connectivity index (χ2n) is 3.83. The van der Waals surface area contributed by atoms with Crippen LogP contribution in [0.5, 0.6) is 0 Å². The molecule has 0 bridgehead atoms. The third-order valence-corrected chi connectivity index (χ3v) is 2.72. The summed E-state index contributed by atoms with van der Waals surface area (Å²) < 4.78 is 6.87. The summed E-state index contributed by atoms with van der Waals surface area (Å²) in [5.74, 6) is 0. The molecule has 1 fully saturated rings. The Morgan fingerprint density at radius 1 is 1.61 bits per heavy atom. The Labute approximate surface area is 106 Å². The summed E-state index contributed by atoms with van der Waals surface area (Å²) in [5.41, 5.74) is 0.366. The first-order valence-corrected chi connectivity index (χ1v) is 6.05. The zero-order chi connectivity index (χ0) is 13.7. The minimum Gasteiger partial charge on any atom is -0.393 e. The van der Waals surface area contributed by atoms with Gasteiger partial charge in [0.05, 0.1) is 11.0 Å². The third-order valence-electron chi connectivity index (χ3n) is 2.72. The first-order valence-electron chi connectivity index (χ1n) is 6.05. The molecule has 0 aliphatic carbocycles. The molecule has 1 aliphatic heterocycles. The lowest BCUT2D eigenvalue weighted by atomic mass is 10.0. The molecule has 1 aromatic rings. The average Bonchev–Trinajstić information content (AvgIpc) is 2.74. The molecule has 102 valence electrons. The van der Waals surface area contributed by atoms with Crippen LogP contribution in [0.3, 0.4) is 0 Å². The van der Waals surface area contributed by atoms with Crippen LogP contribution in [-0.4, -0.2) is 32.5 Å². The van der Waals surface area contributed by atoms with E-state index in [9.17, 15) is 15.2 Å². The number of aryl methyl sites for hydroxylation is 1. The van der Waals surface area contributed by atoms with E-state index in [2.05, 4.69) is 5.10 Å². The molecule has 0 spiro atoms. The molecule has 18 heavy (non-hydrogen) atoms. The molecule has 1 aliphatic rings. The quantitative estimate of drug-likeness (QED) is 0.641. The number of aromatic nitrogens is 2. The average molecular weight is 257 g/mol. The Kier molecular flexibility index (Phi) is 5.24. The minimum absolute atomic E-state index is 0.0541. The lowest BCUT2D eigenvalue weighted by Crippen LogP contribution is -2.25. The number of nitrogens with zero attached hydrogens (tertiary/aromatic N) is 3. The maximum absolute atomic E-state index is 10.8. The minimum atomic E-state index is -0.479. The van der Waals surface area contributed by atoms with Crippen LogP contribution in [0.1, 0.15) is 38.5 Å². The van der Waals surface area contributed by atoms with Gasteiger partial charge in [-0.25, -0.2) is 0 Å². The van der Waals surface area contributed by atoms with Gasteiger partial charge in [0.25, 0.3) is 0 Å². The molecule has 2 atom stereocenters. The smallest absolute Gasteiger partial charge is 0.312 e. The molecule has 1 aromatic heterocycles. The van der Waals surface area contributed by atoms with Crippen molar-refractivity contribution in [2.45, 2.75) is 38.9 Å². The topological polar surface area (TPSA) is 90.4 Å². The van der Waals surface area contributed by atoms with Crippen molar-refractivity contribution < 1.29 is 14.8 Å². The van der Waals surface area contributed by atoms with E-state index in [1.165, 1.54) is 10.9 Å². The molecular formula is C11H19N3O4. The highest BCUT2D eigenvalue weighted by atomic mass is 16.6. The van der Waals surface area contributed by atoms with Crippen LogP contribution >= 0.6 is 0 Å². The maximum Gasteiger partial charge on any atom is 0.312 e. The summed E-state index contributed by atoms with van der Waals surface area (Å²) in [7, 11) is 1.63. The Morgan fingerprint density at radius 2 is 2.28 bits per heavy atom. The zero-order valence-electron chi connectivity index (χ0n) is 10.9. The van der Waals surface area contributed by atoms with Gasteiger partial charge in [0.15, 0.2) is 0 Å². The van der Waals surface area contributed by atoms with Gasteiger partial charge >= 0.3 is 5.69 Å². The Morgan fingerprint density at radius 3 is 2.83 bits per heavy atom. The van der Waals surface area contributed by atoms with Crippen molar-refractivity contribution in [1.82, 2.24) is 9.78 Å². The molecule has 7 heteroatoms. The highest BCUT2D eigenvalue weighted by molar-refractivity contribution is 5.35. The number of aliphatic hydroxyl groups excluding tert-OH is 1. The second-order valence-corrected chi connectivity index (χ2v) is 3.83. The van der Waals surface area contributed by atoms with Crippen LogP contribution in [0.25, 0.3) is 0 Å². The van der Waals surface area contributed by atoms with Crippen LogP contribution in [0.4, 0.5) is 5.69 Å². The number of ether oxygens (including phenoxy) is 1. The van der Waals surface area contributed by atoms with Gasteiger partial charge in [-0.05, 0) is 6.42 Å². The van der Waals surface area contributed by atoms with Crippen LogP contribution in [0.15, 0.2) is 6.20 Å². The van der Waals surface area contributed by atoms with Crippen LogP contribution < -0.4 is 0 Å². The first-order chi connectivity index (χ1) is 8.59. The molecule has 7 nitrogen and oxygen atoms in total. The van der Waals surface area contributed by atoms with E-state index >= 15 is 0 Å². The van der Waals surface area contributed by atoms with E-state index in [1.807, 2.05) is 13.8 Å². The zero-order valence-corrected chi connectivity index (χ0v) is 10.9. The van der Waals surface area contributed by atoms with Gasteiger partial charge in [-0.2, -0.15) is 5.10 Å². The van der Waals surface area contributed by atoms with Crippen LogP contribution in [0.2, 0.25) is 0 Å². The van der Waals surface area contributed by atoms with E-state index in [4.69, 9.17) is 4.74 Å². The summed E-state index contributed by atoms with van der Waals surface area (Å²) in [6.07, 6.45) is 1.24. The van der Waals surface area contributed by atoms with E-state index in [-0.39, 0.29) is 5.69 Å². The van der Waals surface area contributed by atoms with Gasteiger partial charge in [-0.15, -0.1) is 0 Å². The molecule has 2 rings (SSSR count). The molecule has 0 aromatic carbocycles. The number of nitro groups is 1. The summed E-state index contributed by atoms with van der Waals surface area (Å²) in [6, 6.07) is 0. The van der Waals surface area contributed by atoms with Crippen molar-refractivity contribution in [2.24, 2.45) is 7.05 Å². The van der Waals surface area contributed by atoms with E-state index in [1.54, 1.807) is 7.05 Å². The van der Waals surface area contributed by atoms with Crippen molar-refractivity contribution in [2.75, 3.05) is 6.61 Å². The Balaban J connectivity index is 0.000000771. The summed E-state index contributed by atoms with van der Waals surface area (Å²) >= 11 is 0. The van der Waals surface area contributed by atoms with Gasteiger partial charge in [0.1, 0.15) is 18.0 Å². The number of hydrogen-bond acceptors (Lipinski definition) is 5. The maximum atomic E-state index is 10.8.